The summed E-state index contributed by atoms with van der Waals surface area (Å²) in [4.78, 5) is 35.0. The van der Waals surface area contributed by atoms with Gasteiger partial charge in [0.05, 0.1) is 5.75 Å². The van der Waals surface area contributed by atoms with Gasteiger partial charge in [0, 0.05) is 33.4 Å². The molecule has 0 radical (unpaired) electrons. The first-order valence-electron chi connectivity index (χ1n) is 7.85. The smallest absolute Gasteiger partial charge is 0.328 e. The molecule has 0 heterocycles. The van der Waals surface area contributed by atoms with Gasteiger partial charge in [-0.2, -0.15) is 0 Å². The lowest BCUT2D eigenvalue weighted by molar-refractivity contribution is -0.131. The number of halogens is 1. The van der Waals surface area contributed by atoms with E-state index in [-0.39, 0.29) is 11.7 Å². The third-order valence-electron chi connectivity index (χ3n) is 3.39. The minimum Gasteiger partial charge on any atom is -0.478 e. The monoisotopic (exact) mass is 404 g/mol. The zero-order valence-electron chi connectivity index (χ0n) is 14.4. The van der Waals surface area contributed by atoms with Gasteiger partial charge in [0.2, 0.25) is 11.8 Å². The molecule has 0 atom stereocenters. The number of carboxylic acids is 1. The van der Waals surface area contributed by atoms with Crippen LogP contribution in [0.1, 0.15) is 5.56 Å². The molecule has 2 aromatic rings. The van der Waals surface area contributed by atoms with Crippen LogP contribution in [0.3, 0.4) is 0 Å². The van der Waals surface area contributed by atoms with Crippen LogP contribution in [0.4, 0.5) is 11.4 Å². The summed E-state index contributed by atoms with van der Waals surface area (Å²) in [6.45, 7) is 1.83. The van der Waals surface area contributed by atoms with Gasteiger partial charge in [0.1, 0.15) is 0 Å². The van der Waals surface area contributed by atoms with Crippen LogP contribution in [0, 0.1) is 6.92 Å². The lowest BCUT2D eigenvalue weighted by atomic mass is 10.2. The molecule has 2 rings (SSSR count). The quantitative estimate of drug-likeness (QED) is 0.479. The van der Waals surface area contributed by atoms with Crippen molar-refractivity contribution in [1.29, 1.82) is 0 Å². The number of thioether (sulfide) groups is 1. The predicted octanol–water partition coefficient (Wildman–Crippen LogP) is 3.96. The van der Waals surface area contributed by atoms with Gasteiger partial charge in [-0.3, -0.25) is 9.59 Å². The minimum absolute atomic E-state index is 0.177. The molecule has 6 nitrogen and oxygen atoms in total. The molecule has 2 amide bonds. The van der Waals surface area contributed by atoms with Crippen molar-refractivity contribution in [3.8, 4) is 0 Å². The Morgan fingerprint density at radius 1 is 1.11 bits per heavy atom. The van der Waals surface area contributed by atoms with Crippen molar-refractivity contribution in [2.24, 2.45) is 0 Å². The first-order valence-corrected chi connectivity index (χ1v) is 9.21. The van der Waals surface area contributed by atoms with Crippen molar-refractivity contribution in [2.45, 2.75) is 11.8 Å². The molecule has 0 unspecified atom stereocenters. The van der Waals surface area contributed by atoms with E-state index in [0.29, 0.717) is 16.4 Å². The van der Waals surface area contributed by atoms with Crippen LogP contribution in [-0.2, 0) is 14.4 Å². The fourth-order valence-corrected chi connectivity index (χ4v) is 3.00. The number of anilines is 2. The molecule has 0 saturated heterocycles. The van der Waals surface area contributed by atoms with E-state index in [9.17, 15) is 14.4 Å². The van der Waals surface area contributed by atoms with Crippen molar-refractivity contribution < 1.29 is 19.5 Å². The van der Waals surface area contributed by atoms with Gasteiger partial charge < -0.3 is 15.7 Å². The fourth-order valence-electron chi connectivity index (χ4n) is 2.07. The molecule has 2 aromatic carbocycles. The molecule has 140 valence electrons. The molecule has 0 aliphatic rings. The van der Waals surface area contributed by atoms with Crippen LogP contribution >= 0.6 is 23.4 Å². The van der Waals surface area contributed by atoms with Gasteiger partial charge in [-0.15, -0.1) is 11.8 Å². The van der Waals surface area contributed by atoms with Crippen LogP contribution in [0.15, 0.2) is 59.5 Å². The van der Waals surface area contributed by atoms with E-state index in [1.165, 1.54) is 11.8 Å². The Balaban J connectivity index is 1.92. The predicted molar refractivity (Wildman–Crippen MR) is 107 cm³/mol. The number of amides is 2. The van der Waals surface area contributed by atoms with Crippen LogP contribution in [0.2, 0.25) is 5.02 Å². The Bertz CT molecular complexity index is 899. The topological polar surface area (TPSA) is 95.5 Å². The van der Waals surface area contributed by atoms with Gasteiger partial charge >= 0.3 is 5.97 Å². The van der Waals surface area contributed by atoms with Crippen molar-refractivity contribution in [3.05, 3.63) is 65.2 Å². The summed E-state index contributed by atoms with van der Waals surface area (Å²) in [7, 11) is 0. The van der Waals surface area contributed by atoms with Gasteiger partial charge in [-0.25, -0.2) is 4.79 Å². The largest absolute Gasteiger partial charge is 0.478 e. The summed E-state index contributed by atoms with van der Waals surface area (Å²) >= 11 is 7.35. The number of nitrogens with one attached hydrogen (secondary N) is 2. The van der Waals surface area contributed by atoms with E-state index < -0.39 is 11.9 Å². The number of aliphatic carboxylic acids is 1. The molecule has 8 heteroatoms. The van der Waals surface area contributed by atoms with Crippen LogP contribution < -0.4 is 10.6 Å². The van der Waals surface area contributed by atoms with Crippen molar-refractivity contribution in [3.63, 3.8) is 0 Å². The van der Waals surface area contributed by atoms with Crippen LogP contribution in [-0.4, -0.2) is 28.6 Å². The first kappa shape index (κ1) is 20.5. The Morgan fingerprint density at radius 2 is 1.85 bits per heavy atom. The highest BCUT2D eigenvalue weighted by Crippen LogP contribution is 2.25. The second-order valence-corrected chi connectivity index (χ2v) is 6.89. The molecule has 0 spiro atoms. The lowest BCUT2D eigenvalue weighted by Crippen LogP contribution is -2.14. The van der Waals surface area contributed by atoms with Gasteiger partial charge in [-0.05, 0) is 42.8 Å². The van der Waals surface area contributed by atoms with Crippen molar-refractivity contribution in [2.75, 3.05) is 16.4 Å². The highest BCUT2D eigenvalue weighted by molar-refractivity contribution is 8.00. The summed E-state index contributed by atoms with van der Waals surface area (Å²) in [5, 5.41) is 14.5. The molecule has 0 aliphatic carbocycles. The SMILES string of the molecule is Cc1c(Cl)cccc1NC(=O)CSc1cccc(NC(=O)/C=C/C(=O)O)c1. The third-order valence-corrected chi connectivity index (χ3v) is 4.79. The van der Waals surface area contributed by atoms with Crippen LogP contribution in [0.5, 0.6) is 0 Å². The van der Waals surface area contributed by atoms with Crippen molar-refractivity contribution >= 4 is 52.5 Å². The lowest BCUT2D eigenvalue weighted by Gasteiger charge is -2.10. The average Bonchev–Trinajstić information content (AvgIpc) is 2.62. The Kier molecular flexibility index (Phi) is 7.45. The summed E-state index contributed by atoms with van der Waals surface area (Å²) in [5.74, 6) is -1.74. The van der Waals surface area contributed by atoms with E-state index in [2.05, 4.69) is 10.6 Å². The highest BCUT2D eigenvalue weighted by atomic mass is 35.5. The molecular weight excluding hydrogens is 388 g/mol. The standard InChI is InChI=1S/C19H17ClN2O4S/c1-12-15(20)6-3-7-16(12)22-18(24)11-27-14-5-2-4-13(10-14)21-17(23)8-9-19(25)26/h2-10H,11H2,1H3,(H,21,23)(H,22,24)(H,25,26)/b9-8+. The van der Waals surface area contributed by atoms with Crippen molar-refractivity contribution in [1.82, 2.24) is 0 Å². The Hall–Kier alpha value is -2.77. The maximum atomic E-state index is 12.2. The fraction of sp³-hybridized carbons (Fsp3) is 0.105. The highest BCUT2D eigenvalue weighted by Gasteiger charge is 2.08. The maximum absolute atomic E-state index is 12.2. The summed E-state index contributed by atoms with van der Waals surface area (Å²) < 4.78 is 0. The summed E-state index contributed by atoms with van der Waals surface area (Å²) in [6, 6.07) is 12.2. The summed E-state index contributed by atoms with van der Waals surface area (Å²) in [5.41, 5.74) is 1.97. The van der Waals surface area contributed by atoms with Gasteiger partial charge in [0.15, 0.2) is 0 Å². The number of carbonyl (C=O) groups is 3. The first-order chi connectivity index (χ1) is 12.8. The maximum Gasteiger partial charge on any atom is 0.328 e. The van der Waals surface area contributed by atoms with Gasteiger partial charge in [-0.1, -0.05) is 23.7 Å². The Morgan fingerprint density at radius 3 is 2.59 bits per heavy atom. The van der Waals surface area contributed by atoms with E-state index in [0.717, 1.165) is 22.6 Å². The second-order valence-electron chi connectivity index (χ2n) is 5.44. The molecule has 0 fully saturated rings. The normalized spacial score (nSPS) is 10.6. The molecule has 0 bridgehead atoms. The minimum atomic E-state index is -1.20. The molecule has 0 aliphatic heterocycles. The number of hydrogen-bond donors (Lipinski definition) is 3. The number of carboxylic acid groups (broad SMARTS) is 1. The number of carbonyl (C=O) groups excluding carboxylic acids is 2. The van der Waals surface area contributed by atoms with E-state index >= 15 is 0 Å². The zero-order chi connectivity index (χ0) is 19.8. The van der Waals surface area contributed by atoms with Crippen LogP contribution in [0.25, 0.3) is 0 Å². The number of hydrogen-bond acceptors (Lipinski definition) is 4. The molecule has 0 saturated carbocycles. The number of benzene rings is 2. The molecule has 0 aromatic heterocycles. The third kappa shape index (κ3) is 6.80. The molecule has 27 heavy (non-hydrogen) atoms. The molecular formula is C19H17ClN2O4S. The average molecular weight is 405 g/mol. The summed E-state index contributed by atoms with van der Waals surface area (Å²) in [6.07, 6.45) is 1.69. The van der Waals surface area contributed by atoms with E-state index in [1.54, 1.807) is 36.4 Å². The Labute approximate surface area is 165 Å². The second kappa shape index (κ2) is 9.80. The number of rotatable bonds is 7. The zero-order valence-corrected chi connectivity index (χ0v) is 15.9. The van der Waals surface area contributed by atoms with E-state index in [4.69, 9.17) is 16.7 Å². The molecule has 3 N–H and O–H groups in total. The van der Waals surface area contributed by atoms with E-state index in [1.807, 2.05) is 13.0 Å². The van der Waals surface area contributed by atoms with Gasteiger partial charge in [0.25, 0.3) is 0 Å².